The molecule has 3 aromatic rings. The number of anilines is 1. The lowest BCUT2D eigenvalue weighted by atomic mass is 9.89. The summed E-state index contributed by atoms with van der Waals surface area (Å²) < 4.78 is 14.1. The van der Waals surface area contributed by atoms with Gasteiger partial charge in [-0.15, -0.1) is 0 Å². The van der Waals surface area contributed by atoms with Gasteiger partial charge in [0.2, 0.25) is 0 Å². The maximum absolute atomic E-state index is 11.1. The van der Waals surface area contributed by atoms with Crippen molar-refractivity contribution in [2.24, 2.45) is 0 Å². The Labute approximate surface area is 166 Å². The van der Waals surface area contributed by atoms with Crippen molar-refractivity contribution in [2.45, 2.75) is 25.2 Å². The summed E-state index contributed by atoms with van der Waals surface area (Å²) in [5.74, 6) is 0. The van der Waals surface area contributed by atoms with Gasteiger partial charge in [0.05, 0.1) is 30.6 Å². The van der Waals surface area contributed by atoms with Crippen LogP contribution in [0, 0.1) is 6.92 Å². The second-order valence-corrected chi connectivity index (χ2v) is 7.39. The summed E-state index contributed by atoms with van der Waals surface area (Å²) in [6, 6.07) is 11.6. The number of imidazole rings is 1. The van der Waals surface area contributed by atoms with Crippen LogP contribution in [0.15, 0.2) is 47.2 Å². The number of aromatic nitrogens is 2. The molecule has 3 atom stereocenters. The highest BCUT2D eigenvalue weighted by atomic mass is 79.9. The van der Waals surface area contributed by atoms with Crippen LogP contribution >= 0.6 is 15.9 Å². The average Bonchev–Trinajstić information content (AvgIpc) is 2.98. The Balaban J connectivity index is 1.82. The third-order valence-corrected chi connectivity index (χ3v) is 5.88. The average molecular weight is 432 g/mol. The van der Waals surface area contributed by atoms with E-state index < -0.39 is 12.2 Å². The first-order valence-electron chi connectivity index (χ1n) is 8.89. The van der Waals surface area contributed by atoms with Gasteiger partial charge in [-0.1, -0.05) is 30.3 Å². The Morgan fingerprint density at radius 3 is 2.74 bits per heavy atom. The van der Waals surface area contributed by atoms with E-state index in [0.717, 1.165) is 32.8 Å². The summed E-state index contributed by atoms with van der Waals surface area (Å²) in [7, 11) is 1.64. The number of aliphatic hydroxyl groups excluding tert-OH is 1. The molecule has 2 N–H and O–H groups in total. The van der Waals surface area contributed by atoms with E-state index in [1.54, 1.807) is 7.11 Å². The second-order valence-electron chi connectivity index (χ2n) is 6.64. The number of benzene rings is 1. The number of nitrogens with zero attached hydrogens (tertiary/aromatic N) is 2. The highest BCUT2D eigenvalue weighted by molar-refractivity contribution is 9.10. The van der Waals surface area contributed by atoms with Crippen molar-refractivity contribution >= 4 is 27.3 Å². The van der Waals surface area contributed by atoms with Crippen LogP contribution in [0.3, 0.4) is 0 Å². The fourth-order valence-corrected chi connectivity index (χ4v) is 3.95. The lowest BCUT2D eigenvalue weighted by Crippen LogP contribution is -2.38. The molecule has 142 valence electrons. The van der Waals surface area contributed by atoms with Gasteiger partial charge in [-0.05, 0) is 34.5 Å². The lowest BCUT2D eigenvalue weighted by Gasteiger charge is -2.38. The molecule has 2 aromatic heterocycles. The van der Waals surface area contributed by atoms with E-state index >= 15 is 0 Å². The fourth-order valence-electron chi connectivity index (χ4n) is 3.58. The minimum Gasteiger partial charge on any atom is -0.388 e. The Morgan fingerprint density at radius 2 is 2.00 bits per heavy atom. The number of aryl methyl sites for hydroxylation is 1. The van der Waals surface area contributed by atoms with Crippen molar-refractivity contribution in [1.82, 2.24) is 9.38 Å². The normalized spacial score (nSPS) is 21.9. The summed E-state index contributed by atoms with van der Waals surface area (Å²) in [5.41, 5.74) is 4.50. The molecule has 0 saturated heterocycles. The maximum atomic E-state index is 11.1. The Hall–Kier alpha value is -1.93. The molecule has 0 aliphatic carbocycles. The van der Waals surface area contributed by atoms with Gasteiger partial charge < -0.3 is 19.9 Å². The molecule has 0 radical (unpaired) electrons. The maximum Gasteiger partial charge on any atom is 0.161 e. The van der Waals surface area contributed by atoms with Crippen molar-refractivity contribution in [3.63, 3.8) is 0 Å². The van der Waals surface area contributed by atoms with Crippen LogP contribution in [-0.4, -0.2) is 40.9 Å². The number of pyridine rings is 1. The third kappa shape index (κ3) is 3.25. The number of hydrogen-bond donors (Lipinski definition) is 2. The SMILES string of the molecule is COCCOC1c2ccn3c(Br)c(C)nc3c2NC(c2ccccc2)C1O. The summed E-state index contributed by atoms with van der Waals surface area (Å²) in [5, 5.41) is 14.6. The summed E-state index contributed by atoms with van der Waals surface area (Å²) in [6.07, 6.45) is 0.739. The molecule has 3 unspecified atom stereocenters. The molecule has 1 aliphatic rings. The molecule has 0 bridgehead atoms. The number of methoxy groups -OCH3 is 1. The largest absolute Gasteiger partial charge is 0.388 e. The van der Waals surface area contributed by atoms with Crippen LogP contribution in [-0.2, 0) is 9.47 Å². The monoisotopic (exact) mass is 431 g/mol. The Kier molecular flexibility index (Phi) is 5.19. The molecule has 1 aliphatic heterocycles. The molecular weight excluding hydrogens is 410 g/mol. The molecule has 3 heterocycles. The van der Waals surface area contributed by atoms with Crippen LogP contribution in [0.5, 0.6) is 0 Å². The van der Waals surface area contributed by atoms with Crippen molar-refractivity contribution < 1.29 is 14.6 Å². The van der Waals surface area contributed by atoms with Gasteiger partial charge in [0.15, 0.2) is 5.65 Å². The van der Waals surface area contributed by atoms with Crippen molar-refractivity contribution in [3.05, 3.63) is 64.0 Å². The third-order valence-electron chi connectivity index (χ3n) is 4.93. The van der Waals surface area contributed by atoms with Crippen molar-refractivity contribution in [1.29, 1.82) is 0 Å². The van der Waals surface area contributed by atoms with E-state index in [1.807, 2.05) is 53.9 Å². The second kappa shape index (κ2) is 7.59. The molecule has 0 spiro atoms. The Bertz CT molecular complexity index is 945. The number of nitrogens with one attached hydrogen (secondary N) is 1. The first-order chi connectivity index (χ1) is 13.1. The van der Waals surface area contributed by atoms with E-state index in [9.17, 15) is 5.11 Å². The first kappa shape index (κ1) is 18.4. The molecule has 1 aromatic carbocycles. The molecule has 0 amide bonds. The molecular formula is C20H22BrN3O3. The van der Waals surface area contributed by atoms with Crippen LogP contribution in [0.2, 0.25) is 0 Å². The number of fused-ring (bicyclic) bond motifs is 3. The predicted molar refractivity (Wildman–Crippen MR) is 107 cm³/mol. The van der Waals surface area contributed by atoms with Crippen molar-refractivity contribution in [2.75, 3.05) is 25.6 Å². The van der Waals surface area contributed by atoms with Gasteiger partial charge in [-0.2, -0.15) is 0 Å². The van der Waals surface area contributed by atoms with Crippen LogP contribution < -0.4 is 5.32 Å². The van der Waals surface area contributed by atoms with Gasteiger partial charge in [0, 0.05) is 18.9 Å². The molecule has 4 rings (SSSR count). The fraction of sp³-hybridized carbons (Fsp3) is 0.350. The lowest BCUT2D eigenvalue weighted by molar-refractivity contribution is -0.0633. The van der Waals surface area contributed by atoms with E-state index in [4.69, 9.17) is 14.5 Å². The van der Waals surface area contributed by atoms with Crippen LogP contribution in [0.4, 0.5) is 5.69 Å². The minimum absolute atomic E-state index is 0.298. The van der Waals surface area contributed by atoms with Gasteiger partial charge in [-0.25, -0.2) is 4.98 Å². The highest BCUT2D eigenvalue weighted by Gasteiger charge is 2.38. The van der Waals surface area contributed by atoms with Gasteiger partial charge in [0.25, 0.3) is 0 Å². The first-order valence-corrected chi connectivity index (χ1v) is 9.68. The van der Waals surface area contributed by atoms with Gasteiger partial charge >= 0.3 is 0 Å². The molecule has 0 fully saturated rings. The zero-order valence-electron chi connectivity index (χ0n) is 15.2. The quantitative estimate of drug-likeness (QED) is 0.603. The Morgan fingerprint density at radius 1 is 1.22 bits per heavy atom. The van der Waals surface area contributed by atoms with Crippen molar-refractivity contribution in [3.8, 4) is 0 Å². The summed E-state index contributed by atoms with van der Waals surface area (Å²) >= 11 is 3.59. The van der Waals surface area contributed by atoms with Gasteiger partial charge in [0.1, 0.15) is 16.8 Å². The standard InChI is InChI=1S/C20H22BrN3O3/c1-12-19(21)24-9-8-14-16(20(24)22-12)23-15(13-6-4-3-5-7-13)17(25)18(14)27-11-10-26-2/h3-9,15,17-18,23,25H,10-11H2,1-2H3. The highest BCUT2D eigenvalue weighted by Crippen LogP contribution is 2.43. The van der Waals surface area contributed by atoms with Gasteiger partial charge in [-0.3, -0.25) is 4.40 Å². The number of aliphatic hydroxyl groups is 1. The molecule has 27 heavy (non-hydrogen) atoms. The van der Waals surface area contributed by atoms with E-state index in [2.05, 4.69) is 21.2 Å². The molecule has 6 nitrogen and oxygen atoms in total. The molecule has 7 heteroatoms. The summed E-state index contributed by atoms with van der Waals surface area (Å²) in [4.78, 5) is 4.70. The van der Waals surface area contributed by atoms with Crippen LogP contribution in [0.25, 0.3) is 5.65 Å². The number of ether oxygens (including phenoxy) is 2. The van der Waals surface area contributed by atoms with E-state index in [1.165, 1.54) is 0 Å². The zero-order chi connectivity index (χ0) is 19.0. The smallest absolute Gasteiger partial charge is 0.161 e. The zero-order valence-corrected chi connectivity index (χ0v) is 16.8. The van der Waals surface area contributed by atoms with Crippen LogP contribution in [0.1, 0.15) is 29.0 Å². The summed E-state index contributed by atoms with van der Waals surface area (Å²) in [6.45, 7) is 2.84. The predicted octanol–water partition coefficient (Wildman–Crippen LogP) is 3.64. The number of halogens is 1. The number of rotatable bonds is 5. The van der Waals surface area contributed by atoms with E-state index in [-0.39, 0.29) is 6.04 Å². The number of hydrogen-bond acceptors (Lipinski definition) is 5. The molecule has 0 saturated carbocycles. The minimum atomic E-state index is -0.737. The van der Waals surface area contributed by atoms with E-state index in [0.29, 0.717) is 13.2 Å². The topological polar surface area (TPSA) is 68.0 Å².